The Hall–Kier alpha value is -4.38. The van der Waals surface area contributed by atoms with Gasteiger partial charge in [-0.25, -0.2) is 25.3 Å². The fourth-order valence-electron chi connectivity index (χ4n) is 4.73. The van der Waals surface area contributed by atoms with E-state index in [1.165, 1.54) is 59.2 Å². The second-order valence-electron chi connectivity index (χ2n) is 14.0. The molecule has 0 saturated carbocycles. The molecule has 3 aromatic carbocycles. The maximum absolute atomic E-state index is 10.2. The van der Waals surface area contributed by atoms with Gasteiger partial charge < -0.3 is 15.3 Å². The van der Waals surface area contributed by atoms with Crippen molar-refractivity contribution in [2.45, 2.75) is 224 Å². The lowest BCUT2D eigenvalue weighted by Gasteiger charge is -1.93. The molecule has 2 aliphatic carbocycles. The Kier molecular flexibility index (Phi) is 105. The molecule has 476 valence electrons. The van der Waals surface area contributed by atoms with Gasteiger partial charge in [0.25, 0.3) is 0 Å². The molecule has 0 aliphatic heterocycles. The van der Waals surface area contributed by atoms with Crippen molar-refractivity contribution in [3.63, 3.8) is 0 Å². The van der Waals surface area contributed by atoms with Crippen LogP contribution < -0.4 is 0 Å². The molecule has 0 fully saturated rings. The van der Waals surface area contributed by atoms with Crippen molar-refractivity contribution in [3.8, 4) is 0 Å². The molecule has 6 rings (SSSR count). The highest BCUT2D eigenvalue weighted by Crippen LogP contribution is 2.21. The summed E-state index contributed by atoms with van der Waals surface area (Å²) in [5.74, 6) is -1.30. The summed E-state index contributed by atoms with van der Waals surface area (Å²) in [5, 5.41) is 26.6. The maximum atomic E-state index is 10.2. The quantitative estimate of drug-likeness (QED) is 0.143. The molecule has 1 aromatic heterocycles. The Morgan fingerprint density at radius 2 is 0.713 bits per heavy atom. The van der Waals surface area contributed by atoms with E-state index < -0.39 is 47.4 Å². The van der Waals surface area contributed by atoms with Gasteiger partial charge in [0.15, 0.2) is 0 Å². The molecule has 16 heteroatoms. The zero-order valence-electron chi connectivity index (χ0n) is 54.6. The van der Waals surface area contributed by atoms with Gasteiger partial charge in [0, 0.05) is 60.0 Å². The van der Waals surface area contributed by atoms with Crippen LogP contribution in [0.2, 0.25) is 0 Å². The minimum atomic E-state index is -2.67. The maximum Gasteiger partial charge on any atom is 0.303 e. The van der Waals surface area contributed by atoms with Gasteiger partial charge >= 0.3 is 17.9 Å². The molecule has 3 N–H and O–H groups in total. The van der Waals surface area contributed by atoms with Crippen LogP contribution in [0.1, 0.15) is 227 Å². The van der Waals surface area contributed by atoms with Crippen molar-refractivity contribution in [1.29, 1.82) is 0 Å². The van der Waals surface area contributed by atoms with Gasteiger partial charge in [0.2, 0.25) is 0 Å². The van der Waals surface area contributed by atoms with E-state index in [1.807, 2.05) is 132 Å². The molecule has 0 bridgehead atoms. The van der Waals surface area contributed by atoms with E-state index >= 15 is 0 Å². The van der Waals surface area contributed by atoms with Gasteiger partial charge in [-0.3, -0.25) is 14.4 Å². The van der Waals surface area contributed by atoms with Crippen LogP contribution in [0.25, 0.3) is 16.2 Å². The lowest BCUT2D eigenvalue weighted by molar-refractivity contribution is -0.137. The first kappa shape index (κ1) is 104. The van der Waals surface area contributed by atoms with Crippen LogP contribution in [0.3, 0.4) is 0 Å². The number of rotatable bonds is 9. The lowest BCUT2D eigenvalue weighted by Crippen LogP contribution is -2.00. The highest BCUT2D eigenvalue weighted by Gasteiger charge is 2.07. The number of sulfone groups is 3. The number of aryl methyl sites for hydroxylation is 2. The number of hydrogen-bond acceptors (Lipinski definition) is 10. The molecular formula is C64H124O12S4. The monoisotopic (exact) mass is 1210 g/mol. The van der Waals surface area contributed by atoms with E-state index in [0.717, 1.165) is 25.7 Å². The fraction of sp³-hybridized carbons (Fsp3) is 0.609. The first-order valence-electron chi connectivity index (χ1n) is 28.8. The third-order valence-electron chi connectivity index (χ3n) is 7.69. The van der Waals surface area contributed by atoms with Crippen molar-refractivity contribution in [3.05, 3.63) is 113 Å². The van der Waals surface area contributed by atoms with Crippen LogP contribution in [-0.4, -0.2) is 94.5 Å². The Labute approximate surface area is 499 Å². The topological polar surface area (TPSA) is 214 Å². The molecule has 0 spiro atoms. The largest absolute Gasteiger partial charge is 0.481 e. The number of thiophene rings is 1. The SMILES string of the molecule is C.C1=Cc2ccccc2C1.CC.CC.CC.CC.CC.CC.CC.CC.CCC(=O)O.CCC(=O)O.CCC(=O)O.CCCS(C)(=O)=O.CCCS(C)(=O)=O.CCCS(C)(=O)=O.c1ccc2c(c1)CCC2.c1ccc2sccc2c1. The molecule has 1 heterocycles. The molecule has 0 atom stereocenters. The molecule has 0 saturated heterocycles. The lowest BCUT2D eigenvalue weighted by atomic mass is 10.1. The number of carbonyl (C=O) groups is 3. The average molecular weight is 1210 g/mol. The Balaban J connectivity index is -0.0000000634. The van der Waals surface area contributed by atoms with E-state index in [4.69, 9.17) is 15.3 Å². The number of hydrogen-bond donors (Lipinski definition) is 3. The van der Waals surface area contributed by atoms with Gasteiger partial charge in [-0.2, -0.15) is 0 Å². The number of fused-ring (bicyclic) bond motifs is 3. The molecule has 0 unspecified atom stereocenters. The summed E-state index contributed by atoms with van der Waals surface area (Å²) in [4.78, 5) is 28.1. The Morgan fingerprint density at radius 1 is 0.438 bits per heavy atom. The minimum absolute atomic E-state index is 0. The highest BCUT2D eigenvalue weighted by atomic mass is 32.2. The average Bonchev–Trinajstić information content (AvgIpc) is 4.26. The number of benzene rings is 3. The Bertz CT molecular complexity index is 2040. The summed E-state index contributed by atoms with van der Waals surface area (Å²) in [7, 11) is -8.02. The summed E-state index contributed by atoms with van der Waals surface area (Å²) in [5.41, 5.74) is 5.98. The first-order chi connectivity index (χ1) is 37.4. The second kappa shape index (κ2) is 81.1. The third kappa shape index (κ3) is 93.0. The summed E-state index contributed by atoms with van der Waals surface area (Å²) < 4.78 is 62.8. The smallest absolute Gasteiger partial charge is 0.303 e. The molecule has 80 heavy (non-hydrogen) atoms. The number of allylic oxidation sites excluding steroid dienone is 1. The fourth-order valence-corrected chi connectivity index (χ4v) is 7.74. The predicted molar refractivity (Wildman–Crippen MR) is 361 cm³/mol. The molecule has 0 radical (unpaired) electrons. The third-order valence-corrected chi connectivity index (χ3v) is 12.0. The van der Waals surface area contributed by atoms with Crippen molar-refractivity contribution >= 4 is 74.9 Å². The van der Waals surface area contributed by atoms with Crippen molar-refractivity contribution < 1.29 is 55.0 Å². The Morgan fingerprint density at radius 3 is 0.963 bits per heavy atom. The van der Waals surface area contributed by atoms with Crippen molar-refractivity contribution in [2.24, 2.45) is 0 Å². The molecule has 12 nitrogen and oxygen atoms in total. The molecule has 4 aromatic rings. The first-order valence-corrected chi connectivity index (χ1v) is 35.9. The second-order valence-corrected chi connectivity index (χ2v) is 21.7. The zero-order valence-corrected chi connectivity index (χ0v) is 57.8. The van der Waals surface area contributed by atoms with Gasteiger partial charge in [0.05, 0.1) is 0 Å². The van der Waals surface area contributed by atoms with Gasteiger partial charge in [-0.1, -0.05) is 239 Å². The summed E-state index contributed by atoms with van der Waals surface area (Å²) in [6.07, 6.45) is 16.0. The van der Waals surface area contributed by atoms with E-state index in [9.17, 15) is 39.6 Å². The van der Waals surface area contributed by atoms with Crippen molar-refractivity contribution in [1.82, 2.24) is 0 Å². The van der Waals surface area contributed by atoms with Crippen molar-refractivity contribution in [2.75, 3.05) is 36.0 Å². The van der Waals surface area contributed by atoms with Crippen LogP contribution in [-0.2, 0) is 63.2 Å². The minimum Gasteiger partial charge on any atom is -0.481 e. The van der Waals surface area contributed by atoms with E-state index in [0.29, 0.717) is 17.3 Å². The predicted octanol–water partition coefficient (Wildman–Crippen LogP) is 18.9. The van der Waals surface area contributed by atoms with E-state index in [1.54, 1.807) is 43.2 Å². The van der Waals surface area contributed by atoms with Gasteiger partial charge in [0.1, 0.15) is 29.5 Å². The molecule has 0 amide bonds. The normalized spacial score (nSPS) is 9.51. The zero-order chi connectivity index (χ0) is 64.9. The van der Waals surface area contributed by atoms with E-state index in [2.05, 4.69) is 96.4 Å². The van der Waals surface area contributed by atoms with Crippen LogP contribution in [0.4, 0.5) is 0 Å². The summed E-state index contributed by atoms with van der Waals surface area (Å²) >= 11 is 1.79. The van der Waals surface area contributed by atoms with E-state index in [-0.39, 0.29) is 26.7 Å². The standard InChI is InChI=1S/C9H10.C9H8.C8H6S.3C4H10O2S.3C3H6O2.8C2H6.CH4/c2*1-2-5-9-7-3-6-8(9)4-1;1-2-4-8-7(3-1)5-6-9-8;3*1-3-4-7(2,5)6;3*1-2-3(4)5;8*1-2;/h1-2,4-5H,3,6-7H2;1-6H,7H2;1-6H;3*3-4H2,1-2H3;3*2H2,1H3,(H,4,5);8*1-2H3;1H4. The van der Waals surface area contributed by atoms with Gasteiger partial charge in [-0.15, -0.1) is 11.3 Å². The van der Waals surface area contributed by atoms with Crippen LogP contribution in [0, 0.1) is 0 Å². The number of carboxylic acid groups (broad SMARTS) is 3. The molecule has 2 aliphatic rings. The molecular weight excluding hydrogens is 1090 g/mol. The summed E-state index contributed by atoms with van der Waals surface area (Å²) in [6.45, 7) is 42.3. The van der Waals surface area contributed by atoms with Crippen LogP contribution in [0.5, 0.6) is 0 Å². The number of carboxylic acids is 3. The van der Waals surface area contributed by atoms with Gasteiger partial charge in [-0.05, 0) is 90.1 Å². The highest BCUT2D eigenvalue weighted by molar-refractivity contribution is 7.91. The summed E-state index contributed by atoms with van der Waals surface area (Å²) in [6, 6.07) is 27.8. The number of aliphatic carboxylic acids is 3. The van der Waals surface area contributed by atoms with Crippen LogP contribution in [0.15, 0.2) is 90.3 Å². The van der Waals surface area contributed by atoms with Crippen LogP contribution >= 0.6 is 11.3 Å².